The van der Waals surface area contributed by atoms with E-state index in [1.165, 1.54) is 81.3 Å². The molecule has 0 saturated carbocycles. The van der Waals surface area contributed by atoms with Gasteiger partial charge in [-0.3, -0.25) is 0 Å². The zero-order valence-electron chi connectivity index (χ0n) is 17.3. The van der Waals surface area contributed by atoms with Crippen molar-refractivity contribution < 1.29 is 0 Å². The second-order valence-corrected chi connectivity index (χ2v) is 10.6. The minimum absolute atomic E-state index is 0.589. The summed E-state index contributed by atoms with van der Waals surface area (Å²) in [6, 6.07) is 2.47. The Labute approximate surface area is 177 Å². The van der Waals surface area contributed by atoms with E-state index in [0.29, 0.717) is 5.41 Å². The van der Waals surface area contributed by atoms with Gasteiger partial charge in [0.05, 0.1) is 0 Å². The summed E-state index contributed by atoms with van der Waals surface area (Å²) in [5, 5.41) is 12.1. The minimum atomic E-state index is 0.589. The summed E-state index contributed by atoms with van der Waals surface area (Å²) in [5.74, 6) is 0.788. The Morgan fingerprint density at radius 3 is 2.38 bits per heavy atom. The Morgan fingerprint density at radius 1 is 1.03 bits per heavy atom. The van der Waals surface area contributed by atoms with E-state index in [0.717, 1.165) is 24.2 Å². The van der Waals surface area contributed by atoms with Gasteiger partial charge in [-0.05, 0) is 86.1 Å². The largest absolute Gasteiger partial charge is 0.324 e. The van der Waals surface area contributed by atoms with Crippen LogP contribution in [-0.2, 0) is 25.7 Å². The van der Waals surface area contributed by atoms with Crippen LogP contribution in [0.2, 0.25) is 0 Å². The van der Waals surface area contributed by atoms with Crippen LogP contribution in [0.1, 0.15) is 47.9 Å². The van der Waals surface area contributed by atoms with Crippen LogP contribution in [0, 0.1) is 5.41 Å². The van der Waals surface area contributed by atoms with Crippen LogP contribution in [0.15, 0.2) is 11.2 Å². The number of aryl methyl sites for hydroxylation is 2. The Kier molecular flexibility index (Phi) is 4.39. The number of rotatable bonds is 4. The molecule has 2 aromatic rings. The molecule has 1 aromatic carbocycles. The van der Waals surface area contributed by atoms with Crippen LogP contribution in [0.5, 0.6) is 0 Å². The fourth-order valence-electron chi connectivity index (χ4n) is 6.01. The molecule has 2 aliphatic heterocycles. The van der Waals surface area contributed by atoms with Crippen molar-refractivity contribution in [1.29, 1.82) is 0 Å². The van der Waals surface area contributed by atoms with Crippen molar-refractivity contribution in [3.05, 3.63) is 28.3 Å². The first-order valence-electron chi connectivity index (χ1n) is 11.1. The molecule has 6 rings (SSSR count). The van der Waals surface area contributed by atoms with Crippen molar-refractivity contribution >= 4 is 23.6 Å². The molecule has 0 atom stereocenters. The standard InChI is InChI=1S/C22H30N6S/c1-27-13-22(14-27)8-10-28(11-9-22)29-21-24-20(25-26-21)23-19-17-6-2-4-15(17)12-16-5-3-7-18(16)19/h12H,2-11,13-14H2,1H3,(H2,23,24,25,26). The number of aromatic amines is 1. The maximum atomic E-state index is 4.77. The second-order valence-electron chi connectivity index (χ2n) is 9.52. The number of aromatic nitrogens is 3. The quantitative estimate of drug-likeness (QED) is 0.752. The molecule has 2 fully saturated rings. The van der Waals surface area contributed by atoms with Gasteiger partial charge in [0.15, 0.2) is 0 Å². The molecule has 1 spiro atoms. The van der Waals surface area contributed by atoms with Gasteiger partial charge in [-0.25, -0.2) is 9.40 Å². The summed E-state index contributed by atoms with van der Waals surface area (Å²) in [6.07, 6.45) is 9.95. The van der Waals surface area contributed by atoms with E-state index >= 15 is 0 Å². The molecule has 7 heteroatoms. The SMILES string of the molecule is CN1CC2(CCN(Sc3n[nH]c(Nc4c5c(cc6c4CCC6)CCC5)n3)CC2)C1. The molecule has 2 N–H and O–H groups in total. The van der Waals surface area contributed by atoms with Gasteiger partial charge < -0.3 is 10.2 Å². The van der Waals surface area contributed by atoms with Crippen molar-refractivity contribution in [2.24, 2.45) is 5.41 Å². The van der Waals surface area contributed by atoms with Gasteiger partial charge in [0.2, 0.25) is 11.1 Å². The van der Waals surface area contributed by atoms with Crippen LogP contribution in [0.4, 0.5) is 11.6 Å². The smallest absolute Gasteiger partial charge is 0.225 e. The van der Waals surface area contributed by atoms with E-state index in [1.807, 2.05) is 0 Å². The number of hydrogen-bond acceptors (Lipinski definition) is 6. The summed E-state index contributed by atoms with van der Waals surface area (Å²) in [6.45, 7) is 4.81. The number of anilines is 2. The van der Waals surface area contributed by atoms with Crippen LogP contribution in [-0.4, -0.2) is 57.6 Å². The van der Waals surface area contributed by atoms with E-state index in [4.69, 9.17) is 4.98 Å². The van der Waals surface area contributed by atoms with Crippen molar-refractivity contribution in [1.82, 2.24) is 24.4 Å². The second kappa shape index (κ2) is 7.00. The third-order valence-electron chi connectivity index (χ3n) is 7.39. The highest BCUT2D eigenvalue weighted by Crippen LogP contribution is 2.42. The lowest BCUT2D eigenvalue weighted by molar-refractivity contribution is -0.0158. The molecule has 29 heavy (non-hydrogen) atoms. The molecule has 4 aliphatic rings. The highest BCUT2D eigenvalue weighted by molar-refractivity contribution is 7.96. The van der Waals surface area contributed by atoms with Crippen LogP contribution >= 0.6 is 11.9 Å². The molecule has 2 aliphatic carbocycles. The lowest BCUT2D eigenvalue weighted by Gasteiger charge is -2.52. The number of benzene rings is 1. The number of piperidine rings is 1. The van der Waals surface area contributed by atoms with Gasteiger partial charge in [-0.2, -0.15) is 4.98 Å². The van der Waals surface area contributed by atoms with Crippen molar-refractivity contribution in [2.45, 2.75) is 56.5 Å². The van der Waals surface area contributed by atoms with Gasteiger partial charge in [0.1, 0.15) is 0 Å². The summed E-state index contributed by atoms with van der Waals surface area (Å²) in [4.78, 5) is 7.21. The number of H-pyrrole nitrogens is 1. The number of nitrogens with zero attached hydrogens (tertiary/aromatic N) is 4. The topological polar surface area (TPSA) is 60.1 Å². The van der Waals surface area contributed by atoms with Gasteiger partial charge in [-0.15, -0.1) is 5.10 Å². The predicted molar refractivity (Wildman–Crippen MR) is 117 cm³/mol. The fourth-order valence-corrected chi connectivity index (χ4v) is 6.83. The third-order valence-corrected chi connectivity index (χ3v) is 8.36. The third kappa shape index (κ3) is 3.27. The monoisotopic (exact) mass is 410 g/mol. The first-order chi connectivity index (χ1) is 14.2. The van der Waals surface area contributed by atoms with E-state index in [2.05, 4.69) is 37.8 Å². The molecule has 0 unspecified atom stereocenters. The molecule has 3 heterocycles. The molecule has 2 saturated heterocycles. The first kappa shape index (κ1) is 18.2. The Hall–Kier alpha value is -1.57. The minimum Gasteiger partial charge on any atom is -0.324 e. The number of hydrogen-bond donors (Lipinski definition) is 2. The summed E-state index contributed by atoms with van der Waals surface area (Å²) < 4.78 is 2.44. The zero-order valence-corrected chi connectivity index (χ0v) is 18.1. The molecule has 1 aromatic heterocycles. The average molecular weight is 411 g/mol. The van der Waals surface area contributed by atoms with Crippen LogP contribution in [0.25, 0.3) is 0 Å². The lowest BCUT2D eigenvalue weighted by Crippen LogP contribution is -2.58. The van der Waals surface area contributed by atoms with Gasteiger partial charge in [0.25, 0.3) is 0 Å². The summed E-state index contributed by atoms with van der Waals surface area (Å²) in [5.41, 5.74) is 8.05. The number of nitrogens with one attached hydrogen (secondary N) is 2. The average Bonchev–Trinajstić information content (AvgIpc) is 3.43. The molecule has 0 radical (unpaired) electrons. The molecular formula is C22H30N6S. The zero-order chi connectivity index (χ0) is 19.4. The van der Waals surface area contributed by atoms with Crippen molar-refractivity contribution in [2.75, 3.05) is 38.5 Å². The maximum Gasteiger partial charge on any atom is 0.225 e. The van der Waals surface area contributed by atoms with Crippen molar-refractivity contribution in [3.63, 3.8) is 0 Å². The van der Waals surface area contributed by atoms with E-state index < -0.39 is 0 Å². The normalized spacial score (nSPS) is 23.2. The molecule has 0 amide bonds. The van der Waals surface area contributed by atoms with Gasteiger partial charge in [-0.1, -0.05) is 6.07 Å². The van der Waals surface area contributed by atoms with E-state index in [1.54, 1.807) is 23.1 Å². The highest BCUT2D eigenvalue weighted by atomic mass is 32.2. The van der Waals surface area contributed by atoms with Crippen LogP contribution < -0.4 is 5.32 Å². The fraction of sp³-hybridized carbons (Fsp3) is 0.636. The Morgan fingerprint density at radius 2 is 1.72 bits per heavy atom. The van der Waals surface area contributed by atoms with Crippen LogP contribution in [0.3, 0.4) is 0 Å². The maximum absolute atomic E-state index is 4.77. The molecular weight excluding hydrogens is 380 g/mol. The lowest BCUT2D eigenvalue weighted by atomic mass is 9.73. The molecule has 154 valence electrons. The van der Waals surface area contributed by atoms with E-state index in [9.17, 15) is 0 Å². The highest BCUT2D eigenvalue weighted by Gasteiger charge is 2.43. The Balaban J connectivity index is 1.14. The first-order valence-corrected chi connectivity index (χ1v) is 11.9. The predicted octanol–water partition coefficient (Wildman–Crippen LogP) is 3.56. The number of likely N-dealkylation sites (tertiary alicyclic amines) is 1. The molecule has 0 bridgehead atoms. The summed E-state index contributed by atoms with van der Waals surface area (Å²) >= 11 is 1.71. The van der Waals surface area contributed by atoms with E-state index in [-0.39, 0.29) is 0 Å². The Bertz CT molecular complexity index is 889. The van der Waals surface area contributed by atoms with Gasteiger partial charge in [0, 0.05) is 43.8 Å². The number of fused-ring (bicyclic) bond motifs is 2. The molecule has 6 nitrogen and oxygen atoms in total. The van der Waals surface area contributed by atoms with Crippen molar-refractivity contribution in [3.8, 4) is 0 Å². The van der Waals surface area contributed by atoms with Gasteiger partial charge >= 0.3 is 0 Å². The summed E-state index contributed by atoms with van der Waals surface area (Å²) in [7, 11) is 2.23.